The molecule has 0 fully saturated rings. The smallest absolute Gasteiger partial charge is 0.321 e. The van der Waals surface area contributed by atoms with E-state index in [2.05, 4.69) is 10.2 Å². The second-order valence-corrected chi connectivity index (χ2v) is 3.28. The van der Waals surface area contributed by atoms with Crippen LogP contribution >= 0.6 is 0 Å². The summed E-state index contributed by atoms with van der Waals surface area (Å²) in [4.78, 5) is 10.9. The number of rotatable bonds is 3. The molecule has 5 nitrogen and oxygen atoms in total. The van der Waals surface area contributed by atoms with Gasteiger partial charge < -0.3 is 4.74 Å². The number of aromatic nitrogens is 3. The number of para-hydroxylation sites is 1. The molecule has 2 aromatic rings. The highest BCUT2D eigenvalue weighted by molar-refractivity contribution is 5.71. The van der Waals surface area contributed by atoms with Crippen LogP contribution < -0.4 is 4.74 Å². The summed E-state index contributed by atoms with van der Waals surface area (Å²) in [6.07, 6.45) is 0.655. The van der Waals surface area contributed by atoms with Crippen molar-refractivity contribution in [2.75, 3.05) is 7.11 Å². The molecule has 16 heavy (non-hydrogen) atoms. The van der Waals surface area contributed by atoms with E-state index in [1.165, 1.54) is 7.11 Å². The van der Waals surface area contributed by atoms with Gasteiger partial charge in [0.15, 0.2) is 6.29 Å². The summed E-state index contributed by atoms with van der Waals surface area (Å²) in [6.45, 7) is 1.95. The van der Waals surface area contributed by atoms with Crippen molar-refractivity contribution < 1.29 is 9.53 Å². The number of ether oxygens (including phenoxy) is 1. The fraction of sp³-hybridized carbons (Fsp3) is 0.182. The number of aryl methyl sites for hydroxylation is 1. The van der Waals surface area contributed by atoms with Gasteiger partial charge in [0.1, 0.15) is 0 Å². The molecular weight excluding hydrogens is 206 g/mol. The van der Waals surface area contributed by atoms with Crippen molar-refractivity contribution in [2.45, 2.75) is 6.92 Å². The summed E-state index contributed by atoms with van der Waals surface area (Å²) in [5.41, 5.74) is 1.86. The van der Waals surface area contributed by atoms with Gasteiger partial charge in [-0.15, -0.1) is 5.10 Å². The molecule has 5 heteroatoms. The molecule has 0 amide bonds. The minimum absolute atomic E-state index is 0.228. The fourth-order valence-electron chi connectivity index (χ4n) is 1.53. The van der Waals surface area contributed by atoms with Crippen LogP contribution in [0, 0.1) is 6.92 Å². The van der Waals surface area contributed by atoms with E-state index in [1.54, 1.807) is 4.57 Å². The van der Waals surface area contributed by atoms with Gasteiger partial charge in [0, 0.05) is 0 Å². The lowest BCUT2D eigenvalue weighted by molar-refractivity contribution is 0.111. The normalized spacial score (nSPS) is 10.1. The summed E-state index contributed by atoms with van der Waals surface area (Å²) in [5.74, 6) is 0.228. The SMILES string of the molecule is COc1nnc(C=O)n1-c1ccccc1C. The summed E-state index contributed by atoms with van der Waals surface area (Å²) >= 11 is 0. The van der Waals surface area contributed by atoms with Crippen LogP contribution in [-0.2, 0) is 0 Å². The van der Waals surface area contributed by atoms with Gasteiger partial charge in [0.25, 0.3) is 0 Å². The number of methoxy groups -OCH3 is 1. The van der Waals surface area contributed by atoms with Crippen LogP contribution in [0.25, 0.3) is 5.69 Å². The number of carbonyl (C=O) groups is 1. The van der Waals surface area contributed by atoms with Crippen LogP contribution in [-0.4, -0.2) is 28.2 Å². The minimum atomic E-state index is 0.228. The van der Waals surface area contributed by atoms with Gasteiger partial charge in [-0.25, -0.2) is 4.57 Å². The molecule has 0 aliphatic heterocycles. The zero-order valence-electron chi connectivity index (χ0n) is 9.04. The average molecular weight is 217 g/mol. The molecule has 0 aliphatic rings. The van der Waals surface area contributed by atoms with Gasteiger partial charge in [-0.2, -0.15) is 0 Å². The maximum Gasteiger partial charge on any atom is 0.321 e. The predicted molar refractivity (Wildman–Crippen MR) is 58.0 cm³/mol. The summed E-state index contributed by atoms with van der Waals surface area (Å²) in [6, 6.07) is 7.95. The van der Waals surface area contributed by atoms with Gasteiger partial charge in [-0.3, -0.25) is 4.79 Å². The standard InChI is InChI=1S/C11H11N3O2/c1-8-5-3-4-6-9(8)14-10(7-15)12-13-11(14)16-2/h3-7H,1-2H3. The molecule has 0 saturated carbocycles. The molecule has 1 aromatic heterocycles. The Morgan fingerprint density at radius 2 is 2.06 bits per heavy atom. The number of nitrogens with zero attached hydrogens (tertiary/aromatic N) is 3. The van der Waals surface area contributed by atoms with E-state index in [4.69, 9.17) is 4.74 Å². The van der Waals surface area contributed by atoms with Crippen LogP contribution in [0.3, 0.4) is 0 Å². The van der Waals surface area contributed by atoms with Crippen molar-refractivity contribution in [3.8, 4) is 11.7 Å². The zero-order chi connectivity index (χ0) is 11.5. The Hall–Kier alpha value is -2.17. The summed E-state index contributed by atoms with van der Waals surface area (Å²) < 4.78 is 6.65. The first-order valence-corrected chi connectivity index (χ1v) is 4.78. The highest BCUT2D eigenvalue weighted by Gasteiger charge is 2.14. The Kier molecular flexibility index (Phi) is 2.68. The topological polar surface area (TPSA) is 57.0 Å². The van der Waals surface area contributed by atoms with E-state index >= 15 is 0 Å². The van der Waals surface area contributed by atoms with Crippen molar-refractivity contribution in [3.63, 3.8) is 0 Å². The van der Waals surface area contributed by atoms with Crippen molar-refractivity contribution in [3.05, 3.63) is 35.7 Å². The molecule has 0 radical (unpaired) electrons. The number of hydrogen-bond acceptors (Lipinski definition) is 4. The van der Waals surface area contributed by atoms with E-state index in [0.29, 0.717) is 12.3 Å². The molecule has 0 atom stereocenters. The summed E-state index contributed by atoms with van der Waals surface area (Å²) in [7, 11) is 1.49. The Balaban J connectivity index is 2.67. The van der Waals surface area contributed by atoms with Gasteiger partial charge in [-0.1, -0.05) is 23.3 Å². The lowest BCUT2D eigenvalue weighted by Crippen LogP contribution is -2.04. The third-order valence-corrected chi connectivity index (χ3v) is 2.30. The predicted octanol–water partition coefficient (Wildman–Crippen LogP) is 1.40. The third-order valence-electron chi connectivity index (χ3n) is 2.30. The molecule has 0 N–H and O–H groups in total. The lowest BCUT2D eigenvalue weighted by atomic mass is 10.2. The van der Waals surface area contributed by atoms with Crippen molar-refractivity contribution in [1.29, 1.82) is 0 Å². The number of aldehydes is 1. The molecule has 2 rings (SSSR count). The highest BCUT2D eigenvalue weighted by atomic mass is 16.5. The monoisotopic (exact) mass is 217 g/mol. The molecule has 1 aromatic carbocycles. The first-order valence-electron chi connectivity index (χ1n) is 4.78. The molecule has 0 spiro atoms. The maximum atomic E-state index is 10.9. The van der Waals surface area contributed by atoms with Gasteiger partial charge in [0.05, 0.1) is 12.8 Å². The van der Waals surface area contributed by atoms with E-state index in [-0.39, 0.29) is 5.82 Å². The van der Waals surface area contributed by atoms with E-state index in [1.807, 2.05) is 31.2 Å². The molecular formula is C11H11N3O2. The first kappa shape index (κ1) is 10.4. The quantitative estimate of drug-likeness (QED) is 0.729. The average Bonchev–Trinajstić information content (AvgIpc) is 2.72. The number of carbonyl (C=O) groups excluding carboxylic acids is 1. The molecule has 1 heterocycles. The first-order chi connectivity index (χ1) is 7.77. The second-order valence-electron chi connectivity index (χ2n) is 3.28. The van der Waals surface area contributed by atoms with E-state index in [9.17, 15) is 4.79 Å². The van der Waals surface area contributed by atoms with Gasteiger partial charge in [0.2, 0.25) is 5.82 Å². The van der Waals surface area contributed by atoms with Crippen molar-refractivity contribution in [1.82, 2.24) is 14.8 Å². The Bertz CT molecular complexity index is 520. The van der Waals surface area contributed by atoms with Crippen LogP contribution in [0.15, 0.2) is 24.3 Å². The van der Waals surface area contributed by atoms with E-state index in [0.717, 1.165) is 11.3 Å². The van der Waals surface area contributed by atoms with Crippen LogP contribution in [0.4, 0.5) is 0 Å². The van der Waals surface area contributed by atoms with Crippen LogP contribution in [0.2, 0.25) is 0 Å². The lowest BCUT2D eigenvalue weighted by Gasteiger charge is -2.09. The molecule has 0 aliphatic carbocycles. The van der Waals surface area contributed by atoms with Crippen molar-refractivity contribution in [2.24, 2.45) is 0 Å². The molecule has 0 saturated heterocycles. The molecule has 82 valence electrons. The fourth-order valence-corrected chi connectivity index (χ4v) is 1.53. The third kappa shape index (κ3) is 1.56. The van der Waals surface area contributed by atoms with Crippen LogP contribution in [0.1, 0.15) is 16.2 Å². The largest absolute Gasteiger partial charge is 0.467 e. The zero-order valence-corrected chi connectivity index (χ0v) is 9.04. The Morgan fingerprint density at radius 1 is 1.31 bits per heavy atom. The number of hydrogen-bond donors (Lipinski definition) is 0. The van der Waals surface area contributed by atoms with E-state index < -0.39 is 0 Å². The Morgan fingerprint density at radius 3 is 2.69 bits per heavy atom. The molecule has 0 unspecified atom stereocenters. The number of benzene rings is 1. The van der Waals surface area contributed by atoms with Gasteiger partial charge >= 0.3 is 6.01 Å². The summed E-state index contributed by atoms with van der Waals surface area (Å²) in [5, 5.41) is 7.53. The second kappa shape index (κ2) is 4.14. The van der Waals surface area contributed by atoms with Gasteiger partial charge in [-0.05, 0) is 18.6 Å². The van der Waals surface area contributed by atoms with Crippen molar-refractivity contribution >= 4 is 6.29 Å². The highest BCUT2D eigenvalue weighted by Crippen LogP contribution is 2.20. The minimum Gasteiger partial charge on any atom is -0.467 e. The Labute approximate surface area is 92.7 Å². The van der Waals surface area contributed by atoms with Crippen LogP contribution in [0.5, 0.6) is 6.01 Å². The maximum absolute atomic E-state index is 10.9. The molecule has 0 bridgehead atoms.